The van der Waals surface area contributed by atoms with Gasteiger partial charge in [0, 0.05) is 31.9 Å². The van der Waals surface area contributed by atoms with Crippen LogP contribution >= 0.6 is 11.6 Å². The fourth-order valence-corrected chi connectivity index (χ4v) is 3.27. The smallest absolute Gasteiger partial charge is 0.288 e. The molecule has 0 N–H and O–H groups in total. The SMILES string of the molecule is CCN(C(=O)c1cc(Cl)cnc1-n1nccn1)[C@@H](C)CCc1cnc(C(C)(F)F)cn1. The quantitative estimate of drug-likeness (QED) is 0.521. The molecular formula is C20H22ClF2N7O. The van der Waals surface area contributed by atoms with Crippen LogP contribution < -0.4 is 0 Å². The maximum atomic E-state index is 13.3. The molecule has 31 heavy (non-hydrogen) atoms. The summed E-state index contributed by atoms with van der Waals surface area (Å²) >= 11 is 6.08. The van der Waals surface area contributed by atoms with Gasteiger partial charge in [0.1, 0.15) is 5.69 Å². The lowest BCUT2D eigenvalue weighted by Crippen LogP contribution is -2.39. The number of carbonyl (C=O) groups is 1. The summed E-state index contributed by atoms with van der Waals surface area (Å²) in [5, 5.41) is 8.43. The van der Waals surface area contributed by atoms with Crippen molar-refractivity contribution in [1.82, 2.24) is 34.8 Å². The molecule has 164 valence electrons. The molecule has 0 saturated carbocycles. The molecule has 0 bridgehead atoms. The van der Waals surface area contributed by atoms with Crippen molar-refractivity contribution in [3.05, 3.63) is 59.0 Å². The van der Waals surface area contributed by atoms with E-state index in [4.69, 9.17) is 11.6 Å². The number of carbonyl (C=O) groups excluding carboxylic acids is 1. The van der Waals surface area contributed by atoms with Gasteiger partial charge in [0.2, 0.25) is 0 Å². The van der Waals surface area contributed by atoms with Gasteiger partial charge in [-0.2, -0.15) is 19.0 Å². The summed E-state index contributed by atoms with van der Waals surface area (Å²) in [6.07, 6.45) is 7.90. The minimum absolute atomic E-state index is 0.163. The van der Waals surface area contributed by atoms with Gasteiger partial charge in [0.25, 0.3) is 11.8 Å². The summed E-state index contributed by atoms with van der Waals surface area (Å²) in [7, 11) is 0. The second kappa shape index (κ2) is 9.42. The van der Waals surface area contributed by atoms with E-state index in [1.807, 2.05) is 13.8 Å². The fraction of sp³-hybridized carbons (Fsp3) is 0.400. The number of nitrogens with zero attached hydrogens (tertiary/aromatic N) is 7. The van der Waals surface area contributed by atoms with Crippen LogP contribution in [0.25, 0.3) is 5.82 Å². The molecule has 0 fully saturated rings. The summed E-state index contributed by atoms with van der Waals surface area (Å²) < 4.78 is 26.6. The Morgan fingerprint density at radius 3 is 2.48 bits per heavy atom. The Kier molecular flexibility index (Phi) is 6.89. The van der Waals surface area contributed by atoms with Crippen molar-refractivity contribution in [2.75, 3.05) is 6.54 Å². The molecule has 3 aromatic rings. The minimum Gasteiger partial charge on any atom is -0.336 e. The van der Waals surface area contributed by atoms with Gasteiger partial charge < -0.3 is 4.90 Å². The lowest BCUT2D eigenvalue weighted by molar-refractivity contribution is 0.0123. The lowest BCUT2D eigenvalue weighted by atomic mass is 10.1. The molecule has 0 unspecified atom stereocenters. The Bertz CT molecular complexity index is 1020. The Morgan fingerprint density at radius 1 is 1.19 bits per heavy atom. The maximum Gasteiger partial charge on any atom is 0.288 e. The Morgan fingerprint density at radius 2 is 1.90 bits per heavy atom. The third-order valence-corrected chi connectivity index (χ3v) is 4.99. The molecule has 0 spiro atoms. The standard InChI is InChI=1S/C20H22ClF2N7O/c1-4-29(13(2)5-6-15-11-25-17(12-24-15)20(3,22)23)19(31)16-9-14(21)10-26-18(16)30-27-7-8-28-30/h7-13H,4-6H2,1-3H3/t13-/m0/s1. The molecule has 3 heterocycles. The molecule has 3 rings (SSSR count). The van der Waals surface area contributed by atoms with E-state index in [9.17, 15) is 13.6 Å². The van der Waals surface area contributed by atoms with Crippen LogP contribution in [0.15, 0.2) is 37.1 Å². The molecule has 1 atom stereocenters. The van der Waals surface area contributed by atoms with Gasteiger partial charge in [-0.05, 0) is 32.8 Å². The Balaban J connectivity index is 1.74. The Labute approximate surface area is 183 Å². The predicted octanol–water partition coefficient (Wildman–Crippen LogP) is 3.70. The van der Waals surface area contributed by atoms with Gasteiger partial charge in [-0.3, -0.25) is 14.8 Å². The Hall–Kier alpha value is -3.01. The second-order valence-electron chi connectivity index (χ2n) is 7.10. The molecule has 0 aliphatic rings. The molecule has 0 aromatic carbocycles. The van der Waals surface area contributed by atoms with Crippen molar-refractivity contribution in [1.29, 1.82) is 0 Å². The number of hydrogen-bond donors (Lipinski definition) is 0. The first-order valence-corrected chi connectivity index (χ1v) is 10.1. The summed E-state index contributed by atoms with van der Waals surface area (Å²) in [6, 6.07) is 1.38. The van der Waals surface area contributed by atoms with Crippen LogP contribution in [0.3, 0.4) is 0 Å². The van der Waals surface area contributed by atoms with Crippen LogP contribution in [0.5, 0.6) is 0 Å². The summed E-state index contributed by atoms with van der Waals surface area (Å²) in [5.41, 5.74) is 0.490. The molecule has 3 aromatic heterocycles. The van der Waals surface area contributed by atoms with Crippen molar-refractivity contribution in [2.24, 2.45) is 0 Å². The number of aromatic nitrogens is 6. The van der Waals surface area contributed by atoms with E-state index in [0.717, 1.165) is 13.1 Å². The van der Waals surface area contributed by atoms with Crippen LogP contribution in [0.4, 0.5) is 8.78 Å². The first kappa shape index (κ1) is 22.7. The average Bonchev–Trinajstić information content (AvgIpc) is 3.27. The van der Waals surface area contributed by atoms with E-state index in [1.54, 1.807) is 11.0 Å². The topological polar surface area (TPSA) is 89.7 Å². The maximum absolute atomic E-state index is 13.3. The number of rotatable bonds is 8. The molecule has 0 aliphatic carbocycles. The van der Waals surface area contributed by atoms with Crippen molar-refractivity contribution in [3.63, 3.8) is 0 Å². The first-order chi connectivity index (χ1) is 14.7. The van der Waals surface area contributed by atoms with Crippen LogP contribution in [-0.2, 0) is 12.3 Å². The molecule has 0 aliphatic heterocycles. The van der Waals surface area contributed by atoms with Gasteiger partial charge >= 0.3 is 0 Å². The van der Waals surface area contributed by atoms with Crippen LogP contribution in [-0.4, -0.2) is 53.3 Å². The number of aryl methyl sites for hydroxylation is 1. The van der Waals surface area contributed by atoms with Crippen LogP contribution in [0.2, 0.25) is 5.02 Å². The van der Waals surface area contributed by atoms with Crippen LogP contribution in [0, 0.1) is 0 Å². The monoisotopic (exact) mass is 449 g/mol. The first-order valence-electron chi connectivity index (χ1n) is 9.73. The zero-order valence-electron chi connectivity index (χ0n) is 17.3. The summed E-state index contributed by atoms with van der Waals surface area (Å²) in [4.78, 5) is 28.3. The summed E-state index contributed by atoms with van der Waals surface area (Å²) in [5.74, 6) is -3.01. The number of pyridine rings is 1. The third-order valence-electron chi connectivity index (χ3n) is 4.78. The van der Waals surface area contributed by atoms with E-state index < -0.39 is 5.92 Å². The average molecular weight is 450 g/mol. The molecule has 8 nitrogen and oxygen atoms in total. The molecule has 0 radical (unpaired) electrons. The van der Waals surface area contributed by atoms with E-state index in [-0.39, 0.29) is 29.0 Å². The predicted molar refractivity (Wildman–Crippen MR) is 110 cm³/mol. The number of hydrogen-bond acceptors (Lipinski definition) is 6. The second-order valence-corrected chi connectivity index (χ2v) is 7.54. The van der Waals surface area contributed by atoms with Crippen molar-refractivity contribution < 1.29 is 13.6 Å². The highest BCUT2D eigenvalue weighted by Crippen LogP contribution is 2.24. The molecule has 11 heteroatoms. The molecule has 1 amide bonds. The van der Waals surface area contributed by atoms with Crippen molar-refractivity contribution in [2.45, 2.75) is 45.6 Å². The lowest BCUT2D eigenvalue weighted by Gasteiger charge is -2.28. The van der Waals surface area contributed by atoms with E-state index in [0.29, 0.717) is 30.1 Å². The van der Waals surface area contributed by atoms with E-state index in [2.05, 4.69) is 25.1 Å². The molecule has 0 saturated heterocycles. The van der Waals surface area contributed by atoms with E-state index >= 15 is 0 Å². The number of halogens is 3. The summed E-state index contributed by atoms with van der Waals surface area (Å²) in [6.45, 7) is 5.01. The molecular weight excluding hydrogens is 428 g/mol. The fourth-order valence-electron chi connectivity index (χ4n) is 3.11. The van der Waals surface area contributed by atoms with Gasteiger partial charge in [-0.1, -0.05) is 11.6 Å². The van der Waals surface area contributed by atoms with Gasteiger partial charge in [-0.25, -0.2) is 4.98 Å². The van der Waals surface area contributed by atoms with E-state index in [1.165, 1.54) is 29.6 Å². The van der Waals surface area contributed by atoms with Crippen LogP contribution in [0.1, 0.15) is 48.9 Å². The normalized spacial score (nSPS) is 12.6. The van der Waals surface area contributed by atoms with Gasteiger partial charge in [0.05, 0.1) is 34.9 Å². The zero-order chi connectivity index (χ0) is 22.6. The number of amides is 1. The highest BCUT2D eigenvalue weighted by molar-refractivity contribution is 6.30. The highest BCUT2D eigenvalue weighted by atomic mass is 35.5. The van der Waals surface area contributed by atoms with Gasteiger partial charge in [0.15, 0.2) is 5.82 Å². The zero-order valence-corrected chi connectivity index (χ0v) is 18.1. The minimum atomic E-state index is -3.03. The van der Waals surface area contributed by atoms with Crippen molar-refractivity contribution in [3.8, 4) is 5.82 Å². The number of alkyl halides is 2. The van der Waals surface area contributed by atoms with Gasteiger partial charge in [-0.15, -0.1) is 4.80 Å². The van der Waals surface area contributed by atoms with Crippen molar-refractivity contribution >= 4 is 17.5 Å². The largest absolute Gasteiger partial charge is 0.336 e. The highest BCUT2D eigenvalue weighted by Gasteiger charge is 2.27. The third kappa shape index (κ3) is 5.38.